The quantitative estimate of drug-likeness (QED) is 0.536. The van der Waals surface area contributed by atoms with Crippen molar-refractivity contribution in [3.8, 4) is 5.75 Å². The summed E-state index contributed by atoms with van der Waals surface area (Å²) in [4.78, 5) is 0. The van der Waals surface area contributed by atoms with Gasteiger partial charge in [-0.05, 0) is 47.5 Å². The molecule has 0 radical (unpaired) electrons. The molecule has 27 heavy (non-hydrogen) atoms. The van der Waals surface area contributed by atoms with E-state index in [2.05, 4.69) is 32.6 Å². The second kappa shape index (κ2) is 7.55. The van der Waals surface area contributed by atoms with Gasteiger partial charge in [-0.2, -0.15) is 0 Å². The van der Waals surface area contributed by atoms with E-state index in [1.807, 2.05) is 36.4 Å². The number of hydrogen-bond donors (Lipinski definition) is 3. The Morgan fingerprint density at radius 2 is 1.59 bits per heavy atom. The van der Waals surface area contributed by atoms with Crippen molar-refractivity contribution in [2.45, 2.75) is 12.2 Å². The molecule has 136 valence electrons. The van der Waals surface area contributed by atoms with Crippen molar-refractivity contribution in [1.29, 1.82) is 0 Å². The van der Waals surface area contributed by atoms with Gasteiger partial charge in [0.25, 0.3) is 0 Å². The van der Waals surface area contributed by atoms with E-state index >= 15 is 0 Å². The van der Waals surface area contributed by atoms with Gasteiger partial charge >= 0.3 is 0 Å². The fourth-order valence-electron chi connectivity index (χ4n) is 3.21. The molecule has 0 amide bonds. The van der Waals surface area contributed by atoms with Crippen molar-refractivity contribution in [1.82, 2.24) is 10.6 Å². The van der Waals surface area contributed by atoms with Crippen molar-refractivity contribution in [2.24, 2.45) is 0 Å². The summed E-state index contributed by atoms with van der Waals surface area (Å²) >= 11 is 3.46. The number of phenolic OH excluding ortho intramolecular Hbond substituents is 1. The Hall–Kier alpha value is -2.63. The fourth-order valence-corrected chi connectivity index (χ4v) is 3.48. The minimum absolute atomic E-state index is 0.193. The molecule has 0 bridgehead atoms. The number of halogens is 2. The molecule has 3 N–H and O–H groups in total. The molecule has 5 heteroatoms. The van der Waals surface area contributed by atoms with Gasteiger partial charge in [-0.1, -0.05) is 58.4 Å². The summed E-state index contributed by atoms with van der Waals surface area (Å²) in [5.74, 6) is -0.0309. The lowest BCUT2D eigenvalue weighted by atomic mass is 9.98. The molecule has 0 aliphatic carbocycles. The molecule has 2 atom stereocenters. The molecule has 3 aromatic carbocycles. The normalized spacial score (nSPS) is 19.3. The number of rotatable bonds is 3. The van der Waals surface area contributed by atoms with E-state index in [1.54, 1.807) is 24.3 Å². The predicted molar refractivity (Wildman–Crippen MR) is 108 cm³/mol. The maximum atomic E-state index is 13.3. The van der Waals surface area contributed by atoms with Crippen LogP contribution in [0.15, 0.2) is 83.3 Å². The van der Waals surface area contributed by atoms with Crippen molar-refractivity contribution >= 4 is 21.6 Å². The largest absolute Gasteiger partial charge is 0.508 e. The number of phenols is 1. The molecular formula is C22H18BrFN2O. The van der Waals surface area contributed by atoms with Crippen molar-refractivity contribution in [2.75, 3.05) is 0 Å². The Balaban J connectivity index is 1.75. The lowest BCUT2D eigenvalue weighted by Crippen LogP contribution is -2.39. The monoisotopic (exact) mass is 424 g/mol. The Morgan fingerprint density at radius 1 is 0.889 bits per heavy atom. The van der Waals surface area contributed by atoms with E-state index in [0.29, 0.717) is 0 Å². The molecule has 1 aliphatic heterocycles. The molecule has 1 aliphatic rings. The molecule has 0 fully saturated rings. The van der Waals surface area contributed by atoms with E-state index in [1.165, 1.54) is 12.1 Å². The zero-order valence-corrected chi connectivity index (χ0v) is 15.9. The van der Waals surface area contributed by atoms with Gasteiger partial charge in [0.2, 0.25) is 0 Å². The van der Waals surface area contributed by atoms with Crippen LogP contribution in [0.5, 0.6) is 5.75 Å². The van der Waals surface area contributed by atoms with Gasteiger partial charge in [0.15, 0.2) is 0 Å². The minimum atomic E-state index is -0.268. The Bertz CT molecular complexity index is 970. The summed E-state index contributed by atoms with van der Waals surface area (Å²) in [6.45, 7) is 0. The van der Waals surface area contributed by atoms with Crippen LogP contribution in [-0.2, 0) is 0 Å². The molecule has 3 nitrogen and oxygen atoms in total. The standard InChI is InChI=1S/C22H18BrFN2O/c23-16-9-5-14(6-10-16)19-13-20(18-3-1-2-4-21(18)27)26-22(25-19)15-7-11-17(24)12-8-15/h1-13,20,22,25-27H. The number of aromatic hydroxyl groups is 1. The van der Waals surface area contributed by atoms with Gasteiger partial charge in [0.05, 0.1) is 6.04 Å². The highest BCUT2D eigenvalue weighted by atomic mass is 79.9. The smallest absolute Gasteiger partial charge is 0.123 e. The number of benzene rings is 3. The van der Waals surface area contributed by atoms with E-state index in [9.17, 15) is 9.50 Å². The first-order chi connectivity index (χ1) is 13.1. The maximum Gasteiger partial charge on any atom is 0.123 e. The molecule has 4 rings (SSSR count). The van der Waals surface area contributed by atoms with Crippen molar-refractivity contribution < 1.29 is 9.50 Å². The second-order valence-corrected chi connectivity index (χ2v) is 7.33. The summed E-state index contributed by atoms with van der Waals surface area (Å²) in [7, 11) is 0. The predicted octanol–water partition coefficient (Wildman–Crippen LogP) is 5.27. The van der Waals surface area contributed by atoms with Gasteiger partial charge in [-0.15, -0.1) is 0 Å². The topological polar surface area (TPSA) is 44.3 Å². The minimum Gasteiger partial charge on any atom is -0.508 e. The van der Waals surface area contributed by atoms with E-state index in [0.717, 1.165) is 26.9 Å². The van der Waals surface area contributed by atoms with Crippen LogP contribution >= 0.6 is 15.9 Å². The Labute approximate surface area is 165 Å². The third-order valence-corrected chi connectivity index (χ3v) is 5.14. The van der Waals surface area contributed by atoms with Crippen molar-refractivity contribution in [3.63, 3.8) is 0 Å². The van der Waals surface area contributed by atoms with Crippen LogP contribution in [0.1, 0.15) is 28.9 Å². The molecule has 2 unspecified atom stereocenters. The van der Waals surface area contributed by atoms with Crippen LogP contribution in [0, 0.1) is 5.82 Å². The van der Waals surface area contributed by atoms with Gasteiger partial charge in [-0.3, -0.25) is 5.32 Å². The van der Waals surface area contributed by atoms with Gasteiger partial charge in [-0.25, -0.2) is 4.39 Å². The van der Waals surface area contributed by atoms with Crippen molar-refractivity contribution in [3.05, 3.63) is 106 Å². The van der Waals surface area contributed by atoms with Crippen LogP contribution in [0.3, 0.4) is 0 Å². The summed E-state index contributed by atoms with van der Waals surface area (Å²) in [5, 5.41) is 17.3. The van der Waals surface area contributed by atoms with E-state index in [-0.39, 0.29) is 23.8 Å². The van der Waals surface area contributed by atoms with E-state index in [4.69, 9.17) is 0 Å². The average Bonchev–Trinajstić information content (AvgIpc) is 2.69. The van der Waals surface area contributed by atoms with Crippen LogP contribution in [0.2, 0.25) is 0 Å². The van der Waals surface area contributed by atoms with Crippen LogP contribution in [0.25, 0.3) is 5.70 Å². The van der Waals surface area contributed by atoms with Gasteiger partial charge in [0, 0.05) is 15.7 Å². The van der Waals surface area contributed by atoms with E-state index < -0.39 is 0 Å². The van der Waals surface area contributed by atoms with Crippen LogP contribution in [0.4, 0.5) is 4.39 Å². The molecule has 0 saturated heterocycles. The average molecular weight is 425 g/mol. The summed E-state index contributed by atoms with van der Waals surface area (Å²) in [6, 6.07) is 21.5. The second-order valence-electron chi connectivity index (χ2n) is 6.42. The molecule has 1 heterocycles. The first-order valence-corrected chi connectivity index (χ1v) is 9.43. The van der Waals surface area contributed by atoms with Crippen LogP contribution < -0.4 is 10.6 Å². The molecule has 0 aromatic heterocycles. The Morgan fingerprint density at radius 3 is 2.30 bits per heavy atom. The Kier molecular flexibility index (Phi) is 4.97. The highest BCUT2D eigenvalue weighted by Crippen LogP contribution is 2.33. The number of hydrogen-bond acceptors (Lipinski definition) is 3. The van der Waals surface area contributed by atoms with Gasteiger partial charge in [0.1, 0.15) is 17.7 Å². The highest BCUT2D eigenvalue weighted by molar-refractivity contribution is 9.10. The van der Waals surface area contributed by atoms with Gasteiger partial charge < -0.3 is 10.4 Å². The third-order valence-electron chi connectivity index (χ3n) is 4.61. The molecule has 0 saturated carbocycles. The summed E-state index contributed by atoms with van der Waals surface area (Å²) in [6.07, 6.45) is 1.83. The lowest BCUT2D eigenvalue weighted by molar-refractivity contribution is 0.419. The lowest BCUT2D eigenvalue weighted by Gasteiger charge is -2.33. The first kappa shape index (κ1) is 17.8. The molecule has 3 aromatic rings. The highest BCUT2D eigenvalue weighted by Gasteiger charge is 2.25. The van der Waals surface area contributed by atoms with Crippen LogP contribution in [-0.4, -0.2) is 5.11 Å². The zero-order valence-electron chi connectivity index (χ0n) is 14.4. The zero-order chi connectivity index (χ0) is 18.8. The SMILES string of the molecule is Oc1ccccc1C1C=C(c2ccc(Br)cc2)NC(c2ccc(F)cc2)N1. The third kappa shape index (κ3) is 3.89. The number of para-hydroxylation sites is 1. The number of nitrogens with one attached hydrogen (secondary N) is 2. The molecule has 0 spiro atoms. The first-order valence-electron chi connectivity index (χ1n) is 8.64. The summed E-state index contributed by atoms with van der Waals surface area (Å²) in [5.41, 5.74) is 3.69. The summed E-state index contributed by atoms with van der Waals surface area (Å²) < 4.78 is 14.3. The fraction of sp³-hybridized carbons (Fsp3) is 0.0909. The molecular weight excluding hydrogens is 407 g/mol. The maximum absolute atomic E-state index is 13.3.